The summed E-state index contributed by atoms with van der Waals surface area (Å²) in [7, 11) is 1.45. The smallest absolute Gasteiger partial charge is 0.338 e. The first-order chi connectivity index (χ1) is 17.7. The molecule has 0 aromatic heterocycles. The minimum absolute atomic E-state index is 0.0292. The first kappa shape index (κ1) is 26.4. The molecule has 0 unspecified atom stereocenters. The van der Waals surface area contributed by atoms with Gasteiger partial charge in [-0.25, -0.2) is 4.79 Å². The number of carbonyl (C=O) groups excluding carboxylic acids is 3. The van der Waals surface area contributed by atoms with Crippen molar-refractivity contribution in [2.24, 2.45) is 46.3 Å². The average molecular weight is 509 g/mol. The monoisotopic (exact) mass is 508 g/mol. The lowest BCUT2D eigenvalue weighted by Crippen LogP contribution is -2.57. The molecule has 4 fully saturated rings. The van der Waals surface area contributed by atoms with Gasteiger partial charge in [0.1, 0.15) is 11.9 Å². The number of hydrogen-bond donors (Lipinski definition) is 0. The number of methoxy groups -OCH3 is 1. The molecule has 4 saturated carbocycles. The normalized spacial score (nSPS) is 39.6. The van der Waals surface area contributed by atoms with Crippen LogP contribution in [0.15, 0.2) is 30.3 Å². The second kappa shape index (κ2) is 10.2. The third-order valence-electron chi connectivity index (χ3n) is 11.6. The standard InChI is InChI=1S/C32H44O5/c1-20(10-15-29(34)36-4)25-13-14-26-24-12-11-22-18-23(37-30(35)21-8-6-5-7-9-21)16-17-31(22,2)27(24)19-28(33)32(25,26)3/h5-9,20,22-27H,10-19H2,1-4H3/t20-,22+,23-,24+,25+,26-,27-,31+,32-/m1/s1. The number of esters is 2. The van der Waals surface area contributed by atoms with Crippen molar-refractivity contribution >= 4 is 17.7 Å². The van der Waals surface area contributed by atoms with Crippen molar-refractivity contribution in [1.82, 2.24) is 0 Å². The number of ether oxygens (including phenoxy) is 2. The molecule has 202 valence electrons. The summed E-state index contributed by atoms with van der Waals surface area (Å²) in [4.78, 5) is 38.4. The predicted octanol–water partition coefficient (Wildman–Crippen LogP) is 6.64. The Labute approximate surface area is 222 Å². The van der Waals surface area contributed by atoms with Gasteiger partial charge in [-0.05, 0) is 104 Å². The van der Waals surface area contributed by atoms with Gasteiger partial charge in [0.05, 0.1) is 12.7 Å². The van der Waals surface area contributed by atoms with E-state index in [-0.39, 0.29) is 28.9 Å². The van der Waals surface area contributed by atoms with Gasteiger partial charge in [0.2, 0.25) is 0 Å². The maximum atomic E-state index is 14.0. The molecule has 0 bridgehead atoms. The molecule has 5 rings (SSSR count). The fraction of sp³-hybridized carbons (Fsp3) is 0.719. The highest BCUT2D eigenvalue weighted by Gasteiger charge is 2.64. The number of rotatable bonds is 6. The molecule has 0 heterocycles. The van der Waals surface area contributed by atoms with Gasteiger partial charge in [0.15, 0.2) is 0 Å². The van der Waals surface area contributed by atoms with Gasteiger partial charge in [0.25, 0.3) is 0 Å². The Hall–Kier alpha value is -2.17. The van der Waals surface area contributed by atoms with Crippen LogP contribution >= 0.6 is 0 Å². The summed E-state index contributed by atoms with van der Waals surface area (Å²) in [5, 5.41) is 0. The van der Waals surface area contributed by atoms with Gasteiger partial charge in [-0.3, -0.25) is 9.59 Å². The summed E-state index contributed by atoms with van der Waals surface area (Å²) in [5.74, 6) is 2.79. The van der Waals surface area contributed by atoms with Crippen molar-refractivity contribution in [3.8, 4) is 0 Å². The molecule has 0 N–H and O–H groups in total. The number of ketones is 1. The summed E-state index contributed by atoms with van der Waals surface area (Å²) in [5.41, 5.74) is 0.500. The fourth-order valence-corrected chi connectivity index (χ4v) is 9.42. The molecule has 0 saturated heterocycles. The van der Waals surface area contributed by atoms with Gasteiger partial charge < -0.3 is 9.47 Å². The van der Waals surface area contributed by atoms with Crippen LogP contribution in [0.5, 0.6) is 0 Å². The van der Waals surface area contributed by atoms with Crippen LogP contribution in [0, 0.1) is 46.3 Å². The third kappa shape index (κ3) is 4.55. The Bertz CT molecular complexity index is 1020. The summed E-state index contributed by atoms with van der Waals surface area (Å²) in [6.07, 6.45) is 9.31. The van der Waals surface area contributed by atoms with Crippen LogP contribution < -0.4 is 0 Å². The van der Waals surface area contributed by atoms with Crippen LogP contribution in [0.2, 0.25) is 0 Å². The summed E-state index contributed by atoms with van der Waals surface area (Å²) in [6, 6.07) is 9.29. The Morgan fingerprint density at radius 1 is 1.03 bits per heavy atom. The highest BCUT2D eigenvalue weighted by Crippen LogP contribution is 2.67. The van der Waals surface area contributed by atoms with Crippen LogP contribution in [0.3, 0.4) is 0 Å². The molecule has 5 heteroatoms. The lowest BCUT2D eigenvalue weighted by atomic mass is 9.44. The summed E-state index contributed by atoms with van der Waals surface area (Å²) < 4.78 is 10.8. The van der Waals surface area contributed by atoms with Crippen LogP contribution in [-0.4, -0.2) is 30.9 Å². The topological polar surface area (TPSA) is 69.7 Å². The number of Topliss-reactive ketones (excluding diaryl/α,β-unsaturated/α-hetero) is 1. The van der Waals surface area contributed by atoms with E-state index < -0.39 is 0 Å². The van der Waals surface area contributed by atoms with Gasteiger partial charge in [-0.15, -0.1) is 0 Å². The molecular weight excluding hydrogens is 464 g/mol. The first-order valence-corrected chi connectivity index (χ1v) is 14.5. The molecule has 0 radical (unpaired) electrons. The Balaban J connectivity index is 1.27. The van der Waals surface area contributed by atoms with E-state index in [9.17, 15) is 14.4 Å². The molecule has 1 aromatic rings. The fourth-order valence-electron chi connectivity index (χ4n) is 9.42. The predicted molar refractivity (Wildman–Crippen MR) is 142 cm³/mol. The van der Waals surface area contributed by atoms with Crippen LogP contribution in [0.25, 0.3) is 0 Å². The van der Waals surface area contributed by atoms with E-state index in [2.05, 4.69) is 20.8 Å². The summed E-state index contributed by atoms with van der Waals surface area (Å²) >= 11 is 0. The number of benzene rings is 1. The zero-order chi connectivity index (χ0) is 26.4. The molecule has 4 aliphatic carbocycles. The SMILES string of the molecule is COC(=O)CC[C@@H](C)[C@@H]1CC[C@@H]2[C@@H]3CC[C@H]4C[C@H](OC(=O)c5ccccc5)CC[C@]4(C)[C@@H]3CC(=O)[C@@]21C. The third-order valence-corrected chi connectivity index (χ3v) is 11.6. The van der Waals surface area contributed by atoms with Crippen molar-refractivity contribution in [3.05, 3.63) is 35.9 Å². The Morgan fingerprint density at radius 2 is 1.78 bits per heavy atom. The molecule has 37 heavy (non-hydrogen) atoms. The Morgan fingerprint density at radius 3 is 2.51 bits per heavy atom. The van der Waals surface area contributed by atoms with E-state index in [1.165, 1.54) is 20.0 Å². The van der Waals surface area contributed by atoms with Gasteiger partial charge in [-0.2, -0.15) is 0 Å². The van der Waals surface area contributed by atoms with Gasteiger partial charge in [0, 0.05) is 18.3 Å². The molecule has 0 amide bonds. The van der Waals surface area contributed by atoms with Gasteiger partial charge in [-0.1, -0.05) is 39.0 Å². The Kier molecular flexibility index (Phi) is 7.28. The molecule has 9 atom stereocenters. The van der Waals surface area contributed by atoms with E-state index >= 15 is 0 Å². The van der Waals surface area contributed by atoms with Crippen molar-refractivity contribution < 1.29 is 23.9 Å². The molecule has 1 aromatic carbocycles. The van der Waals surface area contributed by atoms with E-state index in [1.807, 2.05) is 30.3 Å². The van der Waals surface area contributed by atoms with Crippen molar-refractivity contribution in [2.45, 2.75) is 91.1 Å². The maximum Gasteiger partial charge on any atom is 0.338 e. The van der Waals surface area contributed by atoms with E-state index in [4.69, 9.17) is 9.47 Å². The van der Waals surface area contributed by atoms with Crippen LogP contribution in [0.1, 0.15) is 95.3 Å². The molecule has 5 nitrogen and oxygen atoms in total. The van der Waals surface area contributed by atoms with Gasteiger partial charge >= 0.3 is 11.9 Å². The van der Waals surface area contributed by atoms with Crippen molar-refractivity contribution in [3.63, 3.8) is 0 Å². The first-order valence-electron chi connectivity index (χ1n) is 14.5. The minimum Gasteiger partial charge on any atom is -0.469 e. The lowest BCUT2D eigenvalue weighted by Gasteiger charge is -2.60. The second-order valence-corrected chi connectivity index (χ2v) is 13.0. The van der Waals surface area contributed by atoms with Crippen molar-refractivity contribution in [2.75, 3.05) is 7.11 Å². The van der Waals surface area contributed by atoms with E-state index in [0.717, 1.165) is 38.5 Å². The zero-order valence-electron chi connectivity index (χ0n) is 23.0. The van der Waals surface area contributed by atoms with E-state index in [0.29, 0.717) is 59.7 Å². The average Bonchev–Trinajstić information content (AvgIpc) is 3.27. The largest absolute Gasteiger partial charge is 0.469 e. The summed E-state index contributed by atoms with van der Waals surface area (Å²) in [6.45, 7) is 6.93. The molecule has 0 aliphatic heterocycles. The highest BCUT2D eigenvalue weighted by molar-refractivity contribution is 5.89. The van der Waals surface area contributed by atoms with Crippen LogP contribution in [-0.2, 0) is 19.1 Å². The second-order valence-electron chi connectivity index (χ2n) is 13.0. The van der Waals surface area contributed by atoms with Crippen LogP contribution in [0.4, 0.5) is 0 Å². The quantitative estimate of drug-likeness (QED) is 0.403. The number of carbonyl (C=O) groups is 3. The minimum atomic E-state index is -0.262. The van der Waals surface area contributed by atoms with Crippen molar-refractivity contribution in [1.29, 1.82) is 0 Å². The zero-order valence-corrected chi connectivity index (χ0v) is 23.0. The molecule has 0 spiro atoms. The number of hydrogen-bond acceptors (Lipinski definition) is 5. The molecular formula is C32H44O5. The molecule has 4 aliphatic rings. The number of fused-ring (bicyclic) bond motifs is 5. The van der Waals surface area contributed by atoms with E-state index in [1.54, 1.807) is 0 Å². The maximum absolute atomic E-state index is 14.0. The highest BCUT2D eigenvalue weighted by atomic mass is 16.5. The lowest BCUT2D eigenvalue weighted by molar-refractivity contribution is -0.160.